The number of hydrogen-bond donors (Lipinski definition) is 1. The topological polar surface area (TPSA) is 50.8 Å². The highest BCUT2D eigenvalue weighted by Gasteiger charge is 2.27. The van der Waals surface area contributed by atoms with Crippen LogP contribution in [0.15, 0.2) is 12.1 Å². The van der Waals surface area contributed by atoms with E-state index in [4.69, 9.17) is 21.1 Å². The second kappa shape index (κ2) is 10.6. The zero-order chi connectivity index (χ0) is 18.9. The molecule has 5 nitrogen and oxygen atoms in total. The van der Waals surface area contributed by atoms with E-state index in [1.165, 1.54) is 0 Å². The van der Waals surface area contributed by atoms with E-state index in [9.17, 15) is 4.79 Å². The molecule has 146 valence electrons. The number of rotatable bonds is 9. The predicted molar refractivity (Wildman–Crippen MR) is 106 cm³/mol. The summed E-state index contributed by atoms with van der Waals surface area (Å²) in [6.07, 6.45) is 3.77. The molecule has 0 spiro atoms. The molecular weight excluding hydrogens is 352 g/mol. The van der Waals surface area contributed by atoms with Crippen LogP contribution < -0.4 is 14.8 Å². The molecule has 1 fully saturated rings. The highest BCUT2D eigenvalue weighted by molar-refractivity contribution is 6.32. The van der Waals surface area contributed by atoms with E-state index in [0.717, 1.165) is 45.3 Å². The third-order valence-corrected chi connectivity index (χ3v) is 4.76. The van der Waals surface area contributed by atoms with Crippen molar-refractivity contribution >= 4 is 17.5 Å². The molecule has 1 aliphatic heterocycles. The van der Waals surface area contributed by atoms with Crippen molar-refractivity contribution in [3.63, 3.8) is 0 Å². The van der Waals surface area contributed by atoms with Crippen LogP contribution >= 0.6 is 11.6 Å². The fourth-order valence-corrected chi connectivity index (χ4v) is 3.54. The van der Waals surface area contributed by atoms with Crippen molar-refractivity contribution in [2.75, 3.05) is 32.8 Å². The first-order valence-corrected chi connectivity index (χ1v) is 10.1. The van der Waals surface area contributed by atoms with Gasteiger partial charge in [-0.2, -0.15) is 0 Å². The Bertz CT molecular complexity index is 589. The standard InChI is InChI=1S/C20H31ClN2O3/c1-4-11-23(16-7-9-22-10-8-16)20(24)15-13-17(21)19(26-12-5-2)18(14-15)25-6-3/h13-14,16,22H,4-12H2,1-3H3. The van der Waals surface area contributed by atoms with Crippen LogP contribution in [0.5, 0.6) is 11.5 Å². The van der Waals surface area contributed by atoms with Gasteiger partial charge in [0.05, 0.1) is 18.2 Å². The molecule has 1 heterocycles. The van der Waals surface area contributed by atoms with Crippen molar-refractivity contribution in [2.24, 2.45) is 0 Å². The van der Waals surface area contributed by atoms with E-state index in [1.807, 2.05) is 18.7 Å². The maximum atomic E-state index is 13.2. The van der Waals surface area contributed by atoms with Gasteiger partial charge in [0, 0.05) is 18.2 Å². The van der Waals surface area contributed by atoms with Crippen LogP contribution in [0, 0.1) is 0 Å². The Morgan fingerprint density at radius 1 is 1.19 bits per heavy atom. The molecule has 0 unspecified atom stereocenters. The Morgan fingerprint density at radius 2 is 1.92 bits per heavy atom. The second-order valence-electron chi connectivity index (χ2n) is 6.55. The van der Waals surface area contributed by atoms with Crippen LogP contribution in [0.2, 0.25) is 5.02 Å². The molecule has 0 radical (unpaired) electrons. The zero-order valence-electron chi connectivity index (χ0n) is 16.1. The summed E-state index contributed by atoms with van der Waals surface area (Å²) >= 11 is 6.43. The van der Waals surface area contributed by atoms with Gasteiger partial charge in [0.25, 0.3) is 5.91 Å². The fourth-order valence-electron chi connectivity index (χ4n) is 3.27. The Hall–Kier alpha value is -1.46. The van der Waals surface area contributed by atoms with Crippen LogP contribution in [0.4, 0.5) is 0 Å². The molecule has 26 heavy (non-hydrogen) atoms. The molecule has 1 aromatic carbocycles. The Balaban J connectivity index is 2.30. The average Bonchev–Trinajstić information content (AvgIpc) is 2.65. The van der Waals surface area contributed by atoms with Gasteiger partial charge in [-0.05, 0) is 57.8 Å². The van der Waals surface area contributed by atoms with Gasteiger partial charge in [0.2, 0.25) is 0 Å². The minimum Gasteiger partial charge on any atom is -0.490 e. The van der Waals surface area contributed by atoms with Crippen molar-refractivity contribution in [1.82, 2.24) is 10.2 Å². The van der Waals surface area contributed by atoms with Crippen LogP contribution in [-0.4, -0.2) is 49.7 Å². The summed E-state index contributed by atoms with van der Waals surface area (Å²) < 4.78 is 11.4. The monoisotopic (exact) mass is 382 g/mol. The molecule has 1 saturated heterocycles. The summed E-state index contributed by atoms with van der Waals surface area (Å²) in [6.45, 7) is 9.74. The molecule has 1 N–H and O–H groups in total. The van der Waals surface area contributed by atoms with E-state index in [-0.39, 0.29) is 11.9 Å². The summed E-state index contributed by atoms with van der Waals surface area (Å²) in [4.78, 5) is 15.2. The lowest BCUT2D eigenvalue weighted by Gasteiger charge is -2.34. The zero-order valence-corrected chi connectivity index (χ0v) is 16.9. The summed E-state index contributed by atoms with van der Waals surface area (Å²) in [5.74, 6) is 1.08. The van der Waals surface area contributed by atoms with E-state index < -0.39 is 0 Å². The lowest BCUT2D eigenvalue weighted by Crippen LogP contribution is -2.46. The van der Waals surface area contributed by atoms with Crippen LogP contribution in [0.25, 0.3) is 0 Å². The Labute approximate surface area is 162 Å². The Morgan fingerprint density at radius 3 is 2.54 bits per heavy atom. The predicted octanol–water partition coefficient (Wildman–Crippen LogP) is 4.13. The van der Waals surface area contributed by atoms with Gasteiger partial charge in [0.15, 0.2) is 11.5 Å². The number of halogens is 1. The quantitative estimate of drug-likeness (QED) is 0.697. The summed E-state index contributed by atoms with van der Waals surface area (Å²) in [6, 6.07) is 3.75. The summed E-state index contributed by atoms with van der Waals surface area (Å²) in [7, 11) is 0. The fraction of sp³-hybridized carbons (Fsp3) is 0.650. The van der Waals surface area contributed by atoms with E-state index in [2.05, 4.69) is 12.2 Å². The van der Waals surface area contributed by atoms with Crippen LogP contribution in [-0.2, 0) is 0 Å². The largest absolute Gasteiger partial charge is 0.490 e. The van der Waals surface area contributed by atoms with Gasteiger partial charge in [-0.1, -0.05) is 25.4 Å². The van der Waals surface area contributed by atoms with Crippen LogP contribution in [0.1, 0.15) is 56.8 Å². The number of amides is 1. The van der Waals surface area contributed by atoms with Crippen molar-refractivity contribution in [1.29, 1.82) is 0 Å². The number of piperidine rings is 1. The highest BCUT2D eigenvalue weighted by Crippen LogP contribution is 2.37. The van der Waals surface area contributed by atoms with E-state index in [0.29, 0.717) is 35.3 Å². The first kappa shape index (κ1) is 20.8. The van der Waals surface area contributed by atoms with Crippen molar-refractivity contribution in [3.05, 3.63) is 22.7 Å². The Kier molecular flexibility index (Phi) is 8.52. The molecule has 1 aliphatic rings. The lowest BCUT2D eigenvalue weighted by molar-refractivity contribution is 0.0642. The molecule has 1 amide bonds. The molecule has 0 aliphatic carbocycles. The lowest BCUT2D eigenvalue weighted by atomic mass is 10.0. The van der Waals surface area contributed by atoms with Gasteiger partial charge in [-0.15, -0.1) is 0 Å². The molecule has 1 aromatic rings. The smallest absolute Gasteiger partial charge is 0.254 e. The number of hydrogen-bond acceptors (Lipinski definition) is 4. The minimum atomic E-state index is 0.0173. The first-order chi connectivity index (χ1) is 12.6. The maximum absolute atomic E-state index is 13.2. The average molecular weight is 383 g/mol. The van der Waals surface area contributed by atoms with E-state index >= 15 is 0 Å². The summed E-state index contributed by atoms with van der Waals surface area (Å²) in [5, 5.41) is 3.78. The first-order valence-electron chi connectivity index (χ1n) is 9.73. The van der Waals surface area contributed by atoms with Gasteiger partial charge < -0.3 is 19.7 Å². The van der Waals surface area contributed by atoms with Crippen molar-refractivity contribution in [3.8, 4) is 11.5 Å². The number of carbonyl (C=O) groups excluding carboxylic acids is 1. The molecule has 0 bridgehead atoms. The normalized spacial score (nSPS) is 14.9. The molecule has 0 saturated carbocycles. The van der Waals surface area contributed by atoms with Gasteiger partial charge in [-0.25, -0.2) is 0 Å². The van der Waals surface area contributed by atoms with Gasteiger partial charge in [0.1, 0.15) is 0 Å². The van der Waals surface area contributed by atoms with Crippen molar-refractivity contribution < 1.29 is 14.3 Å². The SMILES string of the molecule is CCCOc1c(Cl)cc(C(=O)N(CCC)C2CCNCC2)cc1OCC. The maximum Gasteiger partial charge on any atom is 0.254 e. The third kappa shape index (κ3) is 5.27. The number of carbonyl (C=O) groups is 1. The van der Waals surface area contributed by atoms with Gasteiger partial charge in [-0.3, -0.25) is 4.79 Å². The van der Waals surface area contributed by atoms with Gasteiger partial charge >= 0.3 is 0 Å². The van der Waals surface area contributed by atoms with Crippen molar-refractivity contribution in [2.45, 2.75) is 52.5 Å². The number of ether oxygens (including phenoxy) is 2. The molecule has 6 heteroatoms. The molecule has 0 aromatic heterocycles. The highest BCUT2D eigenvalue weighted by atomic mass is 35.5. The number of benzene rings is 1. The minimum absolute atomic E-state index is 0.0173. The molecule has 2 rings (SSSR count). The van der Waals surface area contributed by atoms with E-state index in [1.54, 1.807) is 12.1 Å². The number of nitrogens with zero attached hydrogens (tertiary/aromatic N) is 1. The molecule has 0 atom stereocenters. The number of nitrogens with one attached hydrogen (secondary N) is 1. The second-order valence-corrected chi connectivity index (χ2v) is 6.95. The third-order valence-electron chi connectivity index (χ3n) is 4.48. The van der Waals surface area contributed by atoms with Crippen LogP contribution in [0.3, 0.4) is 0 Å². The molecular formula is C20H31ClN2O3. The summed E-state index contributed by atoms with van der Waals surface area (Å²) in [5.41, 5.74) is 0.564.